The molecule has 114 valence electrons. The Morgan fingerprint density at radius 2 is 2.14 bits per heavy atom. The Labute approximate surface area is 123 Å². The normalized spacial score (nSPS) is 11.4. The first-order valence-electron chi connectivity index (χ1n) is 6.36. The predicted molar refractivity (Wildman–Crippen MR) is 80.9 cm³/mol. The summed E-state index contributed by atoms with van der Waals surface area (Å²) in [6.07, 6.45) is 3.06. The highest BCUT2D eigenvalue weighted by atomic mass is 32.2. The van der Waals surface area contributed by atoms with Crippen LogP contribution < -0.4 is 15.2 Å². The van der Waals surface area contributed by atoms with Crippen molar-refractivity contribution in [2.45, 2.75) is 25.3 Å². The monoisotopic (exact) mass is 310 g/mol. The van der Waals surface area contributed by atoms with Crippen molar-refractivity contribution in [3.8, 4) is 5.75 Å². The van der Waals surface area contributed by atoms with E-state index in [1.165, 1.54) is 19.4 Å². The molecular weight excluding hydrogens is 292 g/mol. The summed E-state index contributed by atoms with van der Waals surface area (Å²) in [5, 5.41) is 4.02. The Bertz CT molecular complexity index is 753. The minimum absolute atomic E-state index is 0.00246. The summed E-state index contributed by atoms with van der Waals surface area (Å²) >= 11 is 0. The summed E-state index contributed by atoms with van der Waals surface area (Å²) in [6.45, 7) is 4.35. The fraction of sp³-hybridized carbons (Fsp3) is 0.308. The Morgan fingerprint density at radius 3 is 2.71 bits per heavy atom. The van der Waals surface area contributed by atoms with Gasteiger partial charge in [0.15, 0.2) is 0 Å². The smallest absolute Gasteiger partial charge is 0.265 e. The highest BCUT2D eigenvalue weighted by Gasteiger charge is 2.21. The van der Waals surface area contributed by atoms with E-state index in [1.54, 1.807) is 23.9 Å². The van der Waals surface area contributed by atoms with Crippen LogP contribution in [0.5, 0.6) is 5.75 Å². The zero-order valence-electron chi connectivity index (χ0n) is 12.1. The average Bonchev–Trinajstić information content (AvgIpc) is 2.88. The van der Waals surface area contributed by atoms with Crippen LogP contribution in [0.4, 0.5) is 11.4 Å². The van der Waals surface area contributed by atoms with E-state index < -0.39 is 10.0 Å². The third-order valence-electron chi connectivity index (χ3n) is 3.05. The van der Waals surface area contributed by atoms with Gasteiger partial charge in [-0.3, -0.25) is 9.40 Å². The van der Waals surface area contributed by atoms with Crippen LogP contribution in [0.3, 0.4) is 0 Å². The van der Waals surface area contributed by atoms with Crippen LogP contribution in [0.15, 0.2) is 29.4 Å². The number of nitrogen functional groups attached to an aromatic ring is 1. The zero-order chi connectivity index (χ0) is 15.6. The van der Waals surface area contributed by atoms with Crippen molar-refractivity contribution in [2.75, 3.05) is 17.6 Å². The average molecular weight is 310 g/mol. The van der Waals surface area contributed by atoms with Gasteiger partial charge in [0.1, 0.15) is 10.6 Å². The summed E-state index contributed by atoms with van der Waals surface area (Å²) in [5.41, 5.74) is 7.33. The number of sulfonamides is 1. The number of hydrogen-bond donors (Lipinski definition) is 2. The summed E-state index contributed by atoms with van der Waals surface area (Å²) < 4.78 is 34.1. The first-order chi connectivity index (χ1) is 9.87. The number of methoxy groups -OCH3 is 1. The quantitative estimate of drug-likeness (QED) is 0.817. The van der Waals surface area contributed by atoms with E-state index in [0.717, 1.165) is 5.56 Å². The van der Waals surface area contributed by atoms with Gasteiger partial charge in [-0.25, -0.2) is 8.42 Å². The number of nitrogens with one attached hydrogen (secondary N) is 1. The minimum atomic E-state index is -3.80. The lowest BCUT2D eigenvalue weighted by Gasteiger charge is -2.12. The van der Waals surface area contributed by atoms with E-state index in [2.05, 4.69) is 9.82 Å². The SMILES string of the molecule is CCn1cc(NS(=O)(=O)c2cc(N)c(C)cc2OC)cn1. The number of nitrogens with two attached hydrogens (primary N) is 1. The molecule has 21 heavy (non-hydrogen) atoms. The minimum Gasteiger partial charge on any atom is -0.495 e. The maximum atomic E-state index is 12.5. The van der Waals surface area contributed by atoms with Gasteiger partial charge in [-0.15, -0.1) is 0 Å². The maximum absolute atomic E-state index is 12.5. The van der Waals surface area contributed by atoms with Gasteiger partial charge in [0.2, 0.25) is 0 Å². The second-order valence-electron chi connectivity index (χ2n) is 4.55. The topological polar surface area (TPSA) is 99.2 Å². The molecule has 0 amide bonds. The van der Waals surface area contributed by atoms with E-state index in [4.69, 9.17) is 10.5 Å². The van der Waals surface area contributed by atoms with Crippen LogP contribution in [-0.4, -0.2) is 25.3 Å². The molecule has 2 rings (SSSR count). The van der Waals surface area contributed by atoms with Gasteiger partial charge in [0.25, 0.3) is 10.0 Å². The highest BCUT2D eigenvalue weighted by Crippen LogP contribution is 2.30. The van der Waals surface area contributed by atoms with Gasteiger partial charge < -0.3 is 10.5 Å². The molecule has 0 unspecified atom stereocenters. The molecule has 1 heterocycles. The Kier molecular flexibility index (Phi) is 4.08. The van der Waals surface area contributed by atoms with Crippen LogP contribution in [-0.2, 0) is 16.6 Å². The number of aromatic nitrogens is 2. The maximum Gasteiger partial charge on any atom is 0.265 e. The lowest BCUT2D eigenvalue weighted by molar-refractivity contribution is 0.402. The summed E-state index contributed by atoms with van der Waals surface area (Å²) in [4.78, 5) is -0.00246. The van der Waals surface area contributed by atoms with E-state index in [1.807, 2.05) is 6.92 Å². The van der Waals surface area contributed by atoms with Crippen molar-refractivity contribution >= 4 is 21.4 Å². The second kappa shape index (κ2) is 5.65. The largest absolute Gasteiger partial charge is 0.495 e. The third-order valence-corrected chi connectivity index (χ3v) is 4.45. The summed E-state index contributed by atoms with van der Waals surface area (Å²) in [6, 6.07) is 2.99. The number of anilines is 2. The molecule has 1 aromatic heterocycles. The molecule has 0 saturated heterocycles. The Hall–Kier alpha value is -2.22. The van der Waals surface area contributed by atoms with Gasteiger partial charge in [-0.05, 0) is 31.5 Å². The molecule has 0 bridgehead atoms. The fourth-order valence-corrected chi connectivity index (χ4v) is 3.06. The number of aryl methyl sites for hydroxylation is 2. The van der Waals surface area contributed by atoms with Crippen molar-refractivity contribution in [3.05, 3.63) is 30.1 Å². The number of ether oxygens (including phenoxy) is 1. The van der Waals surface area contributed by atoms with Crippen molar-refractivity contribution < 1.29 is 13.2 Å². The molecular formula is C13H18N4O3S. The number of benzene rings is 1. The van der Waals surface area contributed by atoms with Crippen LogP contribution in [0, 0.1) is 6.92 Å². The molecule has 0 atom stereocenters. The van der Waals surface area contributed by atoms with Crippen molar-refractivity contribution in [3.63, 3.8) is 0 Å². The van der Waals surface area contributed by atoms with E-state index in [9.17, 15) is 8.42 Å². The first-order valence-corrected chi connectivity index (χ1v) is 7.85. The lowest BCUT2D eigenvalue weighted by atomic mass is 10.2. The summed E-state index contributed by atoms with van der Waals surface area (Å²) in [7, 11) is -2.38. The molecule has 0 radical (unpaired) electrons. The number of hydrogen-bond acceptors (Lipinski definition) is 5. The second-order valence-corrected chi connectivity index (χ2v) is 6.20. The Morgan fingerprint density at radius 1 is 1.43 bits per heavy atom. The fourth-order valence-electron chi connectivity index (χ4n) is 1.85. The van der Waals surface area contributed by atoms with Gasteiger partial charge >= 0.3 is 0 Å². The van der Waals surface area contributed by atoms with Gasteiger partial charge in [0, 0.05) is 18.4 Å². The molecule has 7 nitrogen and oxygen atoms in total. The van der Waals surface area contributed by atoms with Gasteiger partial charge in [-0.2, -0.15) is 5.10 Å². The van der Waals surface area contributed by atoms with Gasteiger partial charge in [-0.1, -0.05) is 0 Å². The molecule has 3 N–H and O–H groups in total. The molecule has 0 aliphatic rings. The van der Waals surface area contributed by atoms with Crippen LogP contribution in [0.1, 0.15) is 12.5 Å². The first kappa shape index (κ1) is 15.2. The predicted octanol–water partition coefficient (Wildman–Crippen LogP) is 1.60. The zero-order valence-corrected chi connectivity index (χ0v) is 12.9. The molecule has 0 aliphatic heterocycles. The van der Waals surface area contributed by atoms with Crippen LogP contribution in [0.25, 0.3) is 0 Å². The van der Waals surface area contributed by atoms with E-state index in [0.29, 0.717) is 17.9 Å². The summed E-state index contributed by atoms with van der Waals surface area (Å²) in [5.74, 6) is 0.247. The highest BCUT2D eigenvalue weighted by molar-refractivity contribution is 7.92. The van der Waals surface area contributed by atoms with Crippen molar-refractivity contribution in [1.29, 1.82) is 0 Å². The Balaban J connectivity index is 2.41. The molecule has 0 fully saturated rings. The third kappa shape index (κ3) is 3.10. The molecule has 8 heteroatoms. The molecule has 0 saturated carbocycles. The molecule has 0 spiro atoms. The van der Waals surface area contributed by atoms with Crippen LogP contribution in [0.2, 0.25) is 0 Å². The van der Waals surface area contributed by atoms with Crippen LogP contribution >= 0.6 is 0 Å². The van der Waals surface area contributed by atoms with E-state index >= 15 is 0 Å². The molecule has 1 aromatic carbocycles. The number of nitrogens with zero attached hydrogens (tertiary/aromatic N) is 2. The molecule has 2 aromatic rings. The van der Waals surface area contributed by atoms with E-state index in [-0.39, 0.29) is 10.6 Å². The standard InChI is InChI=1S/C13H18N4O3S/c1-4-17-8-10(7-15-17)16-21(18,19)13-6-11(14)9(2)5-12(13)20-3/h5-8,16H,4,14H2,1-3H3. The number of rotatable bonds is 5. The lowest BCUT2D eigenvalue weighted by Crippen LogP contribution is -2.14. The van der Waals surface area contributed by atoms with Crippen molar-refractivity contribution in [2.24, 2.45) is 0 Å². The molecule has 0 aliphatic carbocycles. The van der Waals surface area contributed by atoms with Gasteiger partial charge in [0.05, 0.1) is 19.0 Å². The van der Waals surface area contributed by atoms with Crippen molar-refractivity contribution in [1.82, 2.24) is 9.78 Å².